The summed E-state index contributed by atoms with van der Waals surface area (Å²) in [4.78, 5) is 29.2. The molecule has 2 N–H and O–H groups in total. The predicted molar refractivity (Wildman–Crippen MR) is 157 cm³/mol. The van der Waals surface area contributed by atoms with E-state index in [1.807, 2.05) is 16.7 Å². The molecular formula is C30H37ClFN3O3S. The fourth-order valence-electron chi connectivity index (χ4n) is 4.64. The maximum atomic E-state index is 14.2. The second kappa shape index (κ2) is 13.5. The molecule has 1 unspecified atom stereocenters. The third kappa shape index (κ3) is 8.08. The van der Waals surface area contributed by atoms with Gasteiger partial charge in [-0.3, -0.25) is 4.79 Å². The van der Waals surface area contributed by atoms with Crippen LogP contribution in [0.15, 0.2) is 42.5 Å². The Morgan fingerprint density at radius 2 is 1.87 bits per heavy atom. The van der Waals surface area contributed by atoms with Crippen LogP contribution >= 0.6 is 24.2 Å². The molecule has 0 bridgehead atoms. The fourth-order valence-corrected chi connectivity index (χ4v) is 5.20. The van der Waals surface area contributed by atoms with Crippen molar-refractivity contribution in [2.75, 3.05) is 5.75 Å². The van der Waals surface area contributed by atoms with Gasteiger partial charge in [-0.1, -0.05) is 82.1 Å². The standard InChI is InChI=1S/C30H37ClFN3O3S/c1-5-6-10-25-34-27(31)24(16-33-28(36)21(18-39)15-30(2,3)4)35(25)17-19-11-13-20(14-12-19)22-8-7-9-23(32)26(22)29(37)38/h7-9,11-14,21,39H,5-6,10,15-18H2,1-4H3,(H,33,36)(H,37,38). The molecule has 2 aromatic carbocycles. The number of thiol groups is 1. The van der Waals surface area contributed by atoms with E-state index >= 15 is 0 Å². The van der Waals surface area contributed by atoms with Crippen LogP contribution in [0.3, 0.4) is 0 Å². The Labute approximate surface area is 240 Å². The molecule has 9 heteroatoms. The third-order valence-electron chi connectivity index (χ3n) is 6.57. The maximum absolute atomic E-state index is 14.2. The Morgan fingerprint density at radius 3 is 2.46 bits per heavy atom. The molecule has 3 rings (SSSR count). The number of carbonyl (C=O) groups excluding carboxylic acids is 1. The number of aromatic nitrogens is 2. The molecule has 1 atom stereocenters. The molecule has 0 aliphatic rings. The van der Waals surface area contributed by atoms with Crippen LogP contribution in [-0.2, 0) is 24.3 Å². The average Bonchev–Trinajstić information content (AvgIpc) is 3.17. The van der Waals surface area contributed by atoms with Gasteiger partial charge in [-0.05, 0) is 41.0 Å². The molecule has 0 radical (unpaired) electrons. The van der Waals surface area contributed by atoms with Crippen molar-refractivity contribution >= 4 is 36.1 Å². The fraction of sp³-hybridized carbons (Fsp3) is 0.433. The van der Waals surface area contributed by atoms with Crippen molar-refractivity contribution in [1.29, 1.82) is 0 Å². The van der Waals surface area contributed by atoms with Gasteiger partial charge in [0.15, 0.2) is 5.15 Å². The zero-order chi connectivity index (χ0) is 28.7. The lowest BCUT2D eigenvalue weighted by atomic mass is 9.85. The molecule has 0 aliphatic heterocycles. The SMILES string of the molecule is CCCCc1nc(Cl)c(CNC(=O)C(CS)CC(C)(C)C)n1Cc1ccc(-c2cccc(F)c2C(=O)O)cc1. The molecule has 1 heterocycles. The molecule has 3 aromatic rings. The van der Waals surface area contributed by atoms with E-state index in [2.05, 4.69) is 50.6 Å². The molecule has 0 saturated carbocycles. The van der Waals surface area contributed by atoms with Gasteiger partial charge in [0.2, 0.25) is 5.91 Å². The summed E-state index contributed by atoms with van der Waals surface area (Å²) >= 11 is 11.0. The molecule has 0 fully saturated rings. The number of aryl methyl sites for hydroxylation is 1. The summed E-state index contributed by atoms with van der Waals surface area (Å²) in [5.41, 5.74) is 2.24. The van der Waals surface area contributed by atoms with Crippen LogP contribution in [0.25, 0.3) is 11.1 Å². The zero-order valence-electron chi connectivity index (χ0n) is 22.9. The van der Waals surface area contributed by atoms with Gasteiger partial charge in [-0.15, -0.1) is 0 Å². The highest BCUT2D eigenvalue weighted by Gasteiger charge is 2.25. The Hall–Kier alpha value is -2.84. The van der Waals surface area contributed by atoms with Crippen molar-refractivity contribution in [2.45, 2.75) is 66.5 Å². The predicted octanol–water partition coefficient (Wildman–Crippen LogP) is 7.03. The van der Waals surface area contributed by atoms with Gasteiger partial charge in [0.25, 0.3) is 0 Å². The topological polar surface area (TPSA) is 84.2 Å². The summed E-state index contributed by atoms with van der Waals surface area (Å²) < 4.78 is 16.2. The highest BCUT2D eigenvalue weighted by atomic mass is 35.5. The molecular weight excluding hydrogens is 537 g/mol. The number of nitrogens with zero attached hydrogens (tertiary/aromatic N) is 2. The first-order chi connectivity index (χ1) is 18.4. The van der Waals surface area contributed by atoms with Crippen LogP contribution < -0.4 is 5.32 Å². The largest absolute Gasteiger partial charge is 0.478 e. The molecule has 0 aliphatic carbocycles. The Kier molecular flexibility index (Phi) is 10.6. The Bertz CT molecular complexity index is 1300. The number of amides is 1. The molecule has 1 amide bonds. The van der Waals surface area contributed by atoms with Crippen LogP contribution in [0, 0.1) is 17.2 Å². The van der Waals surface area contributed by atoms with Crippen LogP contribution in [0.4, 0.5) is 4.39 Å². The highest BCUT2D eigenvalue weighted by Crippen LogP contribution is 2.28. The number of aromatic carboxylic acids is 1. The molecule has 0 spiro atoms. The van der Waals surface area contributed by atoms with E-state index in [9.17, 15) is 19.1 Å². The number of imidazole rings is 1. The number of nitrogens with one attached hydrogen (secondary N) is 1. The number of rotatable bonds is 12. The van der Waals surface area contributed by atoms with Crippen molar-refractivity contribution in [3.05, 3.63) is 76.1 Å². The van der Waals surface area contributed by atoms with Crippen LogP contribution in [0.5, 0.6) is 0 Å². The van der Waals surface area contributed by atoms with Gasteiger partial charge in [0, 0.05) is 24.6 Å². The van der Waals surface area contributed by atoms with E-state index in [1.54, 1.807) is 18.2 Å². The molecule has 210 valence electrons. The van der Waals surface area contributed by atoms with Crippen LogP contribution in [-0.4, -0.2) is 32.3 Å². The minimum absolute atomic E-state index is 0.000385. The second-order valence-corrected chi connectivity index (χ2v) is 11.7. The molecule has 0 saturated heterocycles. The van der Waals surface area contributed by atoms with Gasteiger partial charge in [0.05, 0.1) is 12.2 Å². The number of carbonyl (C=O) groups is 2. The first-order valence-electron chi connectivity index (χ1n) is 13.2. The highest BCUT2D eigenvalue weighted by molar-refractivity contribution is 7.80. The van der Waals surface area contributed by atoms with Crippen LogP contribution in [0.2, 0.25) is 5.15 Å². The number of hydrogen-bond acceptors (Lipinski definition) is 4. The minimum Gasteiger partial charge on any atom is -0.478 e. The molecule has 6 nitrogen and oxygen atoms in total. The van der Waals surface area contributed by atoms with Crippen molar-refractivity contribution < 1.29 is 19.1 Å². The van der Waals surface area contributed by atoms with E-state index < -0.39 is 11.8 Å². The number of unbranched alkanes of at least 4 members (excludes halogenated alkanes) is 1. The first kappa shape index (κ1) is 30.7. The van der Waals surface area contributed by atoms with Crippen molar-refractivity contribution in [3.63, 3.8) is 0 Å². The average molecular weight is 574 g/mol. The maximum Gasteiger partial charge on any atom is 0.339 e. The third-order valence-corrected chi connectivity index (χ3v) is 7.31. The summed E-state index contributed by atoms with van der Waals surface area (Å²) in [5, 5.41) is 12.9. The van der Waals surface area contributed by atoms with Crippen molar-refractivity contribution in [3.8, 4) is 11.1 Å². The van der Waals surface area contributed by atoms with E-state index in [0.717, 1.165) is 48.8 Å². The van der Waals surface area contributed by atoms with Crippen LogP contribution in [0.1, 0.15) is 74.4 Å². The summed E-state index contributed by atoms with van der Waals surface area (Å²) in [6.07, 6.45) is 3.42. The number of hydrogen-bond donors (Lipinski definition) is 3. The summed E-state index contributed by atoms with van der Waals surface area (Å²) in [7, 11) is 0. The number of carboxylic acid groups (broad SMARTS) is 1. The lowest BCUT2D eigenvalue weighted by molar-refractivity contribution is -0.125. The summed E-state index contributed by atoms with van der Waals surface area (Å²) in [5.74, 6) is -1.06. The van der Waals surface area contributed by atoms with Gasteiger partial charge in [-0.2, -0.15) is 12.6 Å². The first-order valence-corrected chi connectivity index (χ1v) is 14.2. The van der Waals surface area contributed by atoms with E-state index in [4.69, 9.17) is 11.6 Å². The van der Waals surface area contributed by atoms with E-state index in [-0.39, 0.29) is 29.3 Å². The lowest BCUT2D eigenvalue weighted by Crippen LogP contribution is -2.34. The van der Waals surface area contributed by atoms with Gasteiger partial charge in [-0.25, -0.2) is 14.2 Å². The van der Waals surface area contributed by atoms with Gasteiger partial charge in [0.1, 0.15) is 17.2 Å². The van der Waals surface area contributed by atoms with E-state index in [0.29, 0.717) is 28.6 Å². The lowest BCUT2D eigenvalue weighted by Gasteiger charge is -2.24. The van der Waals surface area contributed by atoms with Gasteiger partial charge >= 0.3 is 5.97 Å². The molecule has 39 heavy (non-hydrogen) atoms. The zero-order valence-corrected chi connectivity index (χ0v) is 24.6. The second-order valence-electron chi connectivity index (χ2n) is 11.0. The monoisotopic (exact) mass is 573 g/mol. The number of carboxylic acids is 1. The Balaban J connectivity index is 1.86. The quantitative estimate of drug-likeness (QED) is 0.203. The summed E-state index contributed by atoms with van der Waals surface area (Å²) in [6, 6.07) is 11.6. The summed E-state index contributed by atoms with van der Waals surface area (Å²) in [6.45, 7) is 9.13. The Morgan fingerprint density at radius 1 is 1.18 bits per heavy atom. The normalized spacial score (nSPS) is 12.4. The number of benzene rings is 2. The minimum atomic E-state index is -1.31. The van der Waals surface area contributed by atoms with Crippen molar-refractivity contribution in [2.24, 2.45) is 11.3 Å². The van der Waals surface area contributed by atoms with Crippen molar-refractivity contribution in [1.82, 2.24) is 14.9 Å². The molecule has 1 aromatic heterocycles. The number of halogens is 2. The smallest absolute Gasteiger partial charge is 0.339 e. The van der Waals surface area contributed by atoms with Gasteiger partial charge < -0.3 is 15.0 Å². The van der Waals surface area contributed by atoms with E-state index in [1.165, 1.54) is 6.07 Å².